The number of rotatable bonds is 5. The highest BCUT2D eigenvalue weighted by molar-refractivity contribution is 7.89. The standard InChI is InChI=1S/C17H14F3N5O2S/c1-2-25-15-7-11(17(18,19)20)3-6-14(15)24-16(25)10-23-28(26,27)13-5-4-12(8-21)22-9-13/h3-7,9,23H,2,10H2,1H3. The number of imidazole rings is 1. The lowest BCUT2D eigenvalue weighted by molar-refractivity contribution is -0.137. The number of aromatic nitrogens is 3. The molecule has 3 rings (SSSR count). The number of hydrogen-bond acceptors (Lipinski definition) is 5. The zero-order chi connectivity index (χ0) is 20.5. The monoisotopic (exact) mass is 409 g/mol. The molecule has 0 bridgehead atoms. The first-order chi connectivity index (χ1) is 13.2. The Morgan fingerprint density at radius 3 is 2.57 bits per heavy atom. The molecular formula is C17H14F3N5O2S. The van der Waals surface area contributed by atoms with Gasteiger partial charge in [0.2, 0.25) is 10.0 Å². The number of fused-ring (bicyclic) bond motifs is 1. The van der Waals surface area contributed by atoms with Crippen molar-refractivity contribution in [1.29, 1.82) is 5.26 Å². The average Bonchev–Trinajstić information content (AvgIpc) is 3.02. The van der Waals surface area contributed by atoms with Gasteiger partial charge >= 0.3 is 6.18 Å². The molecule has 0 saturated carbocycles. The molecule has 0 amide bonds. The molecule has 0 atom stereocenters. The molecule has 2 aromatic heterocycles. The molecule has 0 aliphatic heterocycles. The van der Waals surface area contributed by atoms with Crippen molar-refractivity contribution < 1.29 is 21.6 Å². The number of benzene rings is 1. The van der Waals surface area contributed by atoms with E-state index in [0.717, 1.165) is 18.3 Å². The number of sulfonamides is 1. The minimum Gasteiger partial charge on any atom is -0.327 e. The van der Waals surface area contributed by atoms with E-state index >= 15 is 0 Å². The molecule has 0 fully saturated rings. The third-order valence-corrected chi connectivity index (χ3v) is 5.44. The van der Waals surface area contributed by atoms with Gasteiger partial charge < -0.3 is 4.57 Å². The molecular weight excluding hydrogens is 395 g/mol. The number of nitrogens with zero attached hydrogens (tertiary/aromatic N) is 4. The van der Waals surface area contributed by atoms with Crippen molar-refractivity contribution in [2.24, 2.45) is 0 Å². The molecule has 0 aliphatic carbocycles. The van der Waals surface area contributed by atoms with Crippen LogP contribution in [-0.4, -0.2) is 23.0 Å². The van der Waals surface area contributed by atoms with E-state index in [0.29, 0.717) is 12.1 Å². The first kappa shape index (κ1) is 19.8. The van der Waals surface area contributed by atoms with Crippen LogP contribution in [0.2, 0.25) is 0 Å². The number of halogens is 3. The van der Waals surface area contributed by atoms with E-state index in [9.17, 15) is 21.6 Å². The lowest BCUT2D eigenvalue weighted by atomic mass is 10.2. The zero-order valence-corrected chi connectivity index (χ0v) is 15.3. The van der Waals surface area contributed by atoms with Crippen molar-refractivity contribution in [1.82, 2.24) is 19.3 Å². The number of nitriles is 1. The van der Waals surface area contributed by atoms with Crippen LogP contribution < -0.4 is 4.72 Å². The molecule has 146 valence electrons. The largest absolute Gasteiger partial charge is 0.416 e. The van der Waals surface area contributed by atoms with E-state index in [-0.39, 0.29) is 28.5 Å². The first-order valence-corrected chi connectivity index (χ1v) is 9.56. The Kier molecular flexibility index (Phi) is 5.10. The van der Waals surface area contributed by atoms with Gasteiger partial charge in [0.1, 0.15) is 22.5 Å². The highest BCUT2D eigenvalue weighted by atomic mass is 32.2. The Balaban J connectivity index is 1.90. The molecule has 11 heteroatoms. The SMILES string of the molecule is CCn1c(CNS(=O)(=O)c2ccc(C#N)nc2)nc2ccc(C(F)(F)F)cc21. The fourth-order valence-electron chi connectivity index (χ4n) is 2.69. The van der Waals surface area contributed by atoms with Gasteiger partial charge in [-0.15, -0.1) is 0 Å². The molecule has 0 radical (unpaired) electrons. The van der Waals surface area contributed by atoms with E-state index in [1.807, 2.05) is 0 Å². The summed E-state index contributed by atoms with van der Waals surface area (Å²) in [5, 5.41) is 8.72. The van der Waals surface area contributed by atoms with Crippen LogP contribution in [0.15, 0.2) is 41.4 Å². The minimum atomic E-state index is -4.48. The Hall–Kier alpha value is -2.97. The molecule has 0 saturated heterocycles. The fraction of sp³-hybridized carbons (Fsp3) is 0.235. The lowest BCUT2D eigenvalue weighted by Gasteiger charge is -2.10. The van der Waals surface area contributed by atoms with E-state index < -0.39 is 21.8 Å². The van der Waals surface area contributed by atoms with Crippen molar-refractivity contribution in [2.45, 2.75) is 31.1 Å². The van der Waals surface area contributed by atoms with Crippen LogP contribution in [-0.2, 0) is 29.3 Å². The average molecular weight is 409 g/mol. The number of pyridine rings is 1. The second-order valence-electron chi connectivity index (χ2n) is 5.79. The number of nitrogens with one attached hydrogen (secondary N) is 1. The second-order valence-corrected chi connectivity index (χ2v) is 7.56. The summed E-state index contributed by atoms with van der Waals surface area (Å²) in [4.78, 5) is 7.82. The van der Waals surface area contributed by atoms with E-state index in [4.69, 9.17) is 5.26 Å². The molecule has 7 nitrogen and oxygen atoms in total. The highest BCUT2D eigenvalue weighted by Crippen LogP contribution is 2.31. The van der Waals surface area contributed by atoms with Gasteiger partial charge in [0.25, 0.3) is 0 Å². The van der Waals surface area contributed by atoms with Crippen molar-refractivity contribution in [3.8, 4) is 6.07 Å². The van der Waals surface area contributed by atoms with Crippen LogP contribution in [0.25, 0.3) is 11.0 Å². The van der Waals surface area contributed by atoms with Gasteiger partial charge in [-0.2, -0.15) is 18.4 Å². The molecule has 3 aromatic rings. The van der Waals surface area contributed by atoms with Crippen LogP contribution >= 0.6 is 0 Å². The van der Waals surface area contributed by atoms with Gasteiger partial charge in [-0.1, -0.05) is 0 Å². The summed E-state index contributed by atoms with van der Waals surface area (Å²) in [6, 6.07) is 7.49. The topological polar surface area (TPSA) is 101 Å². The summed E-state index contributed by atoms with van der Waals surface area (Å²) >= 11 is 0. The Morgan fingerprint density at radius 2 is 2.00 bits per heavy atom. The first-order valence-electron chi connectivity index (χ1n) is 8.08. The van der Waals surface area contributed by atoms with Gasteiger partial charge in [-0.05, 0) is 37.3 Å². The predicted molar refractivity (Wildman–Crippen MR) is 93.4 cm³/mol. The fourth-order valence-corrected chi connectivity index (χ4v) is 3.61. The van der Waals surface area contributed by atoms with Crippen molar-refractivity contribution in [3.05, 3.63) is 53.6 Å². The summed E-state index contributed by atoms with van der Waals surface area (Å²) in [5.41, 5.74) is -0.117. The van der Waals surface area contributed by atoms with Gasteiger partial charge in [-0.25, -0.2) is 23.1 Å². The molecule has 1 N–H and O–H groups in total. The van der Waals surface area contributed by atoms with Gasteiger partial charge in [0.05, 0.1) is 23.1 Å². The number of hydrogen-bond donors (Lipinski definition) is 1. The molecule has 0 spiro atoms. The maximum absolute atomic E-state index is 13.0. The Bertz CT molecular complexity index is 1160. The number of alkyl halides is 3. The van der Waals surface area contributed by atoms with Crippen LogP contribution in [0, 0.1) is 11.3 Å². The summed E-state index contributed by atoms with van der Waals surface area (Å²) in [5.74, 6) is 0.280. The van der Waals surface area contributed by atoms with Crippen LogP contribution in [0.3, 0.4) is 0 Å². The highest BCUT2D eigenvalue weighted by Gasteiger charge is 2.31. The van der Waals surface area contributed by atoms with E-state index in [2.05, 4.69) is 14.7 Å². The van der Waals surface area contributed by atoms with Gasteiger partial charge in [0.15, 0.2) is 0 Å². The molecule has 2 heterocycles. The second kappa shape index (κ2) is 7.21. The summed E-state index contributed by atoms with van der Waals surface area (Å²) < 4.78 is 67.5. The minimum absolute atomic E-state index is 0.0761. The maximum atomic E-state index is 13.0. The predicted octanol–water partition coefficient (Wildman–Crippen LogP) is 2.82. The normalized spacial score (nSPS) is 12.2. The Labute approximate surface area is 158 Å². The smallest absolute Gasteiger partial charge is 0.327 e. The number of aryl methyl sites for hydroxylation is 1. The molecule has 28 heavy (non-hydrogen) atoms. The Morgan fingerprint density at radius 1 is 1.25 bits per heavy atom. The van der Waals surface area contributed by atoms with Crippen LogP contribution in [0.5, 0.6) is 0 Å². The van der Waals surface area contributed by atoms with E-state index in [1.165, 1.54) is 22.8 Å². The van der Waals surface area contributed by atoms with E-state index in [1.54, 1.807) is 13.0 Å². The van der Waals surface area contributed by atoms with Crippen molar-refractivity contribution >= 4 is 21.1 Å². The van der Waals surface area contributed by atoms with Gasteiger partial charge in [0, 0.05) is 12.7 Å². The van der Waals surface area contributed by atoms with Crippen LogP contribution in [0.4, 0.5) is 13.2 Å². The summed E-state index contributed by atoms with van der Waals surface area (Å²) in [7, 11) is -3.93. The van der Waals surface area contributed by atoms with Crippen molar-refractivity contribution in [2.75, 3.05) is 0 Å². The van der Waals surface area contributed by atoms with Crippen molar-refractivity contribution in [3.63, 3.8) is 0 Å². The summed E-state index contributed by atoms with van der Waals surface area (Å²) in [6.45, 7) is 1.82. The molecule has 0 aliphatic rings. The van der Waals surface area contributed by atoms with Crippen LogP contribution in [0.1, 0.15) is 24.0 Å². The third kappa shape index (κ3) is 3.83. The maximum Gasteiger partial charge on any atom is 0.416 e. The third-order valence-electron chi connectivity index (χ3n) is 4.05. The molecule has 0 unspecified atom stereocenters. The van der Waals surface area contributed by atoms with Gasteiger partial charge in [-0.3, -0.25) is 0 Å². The quantitative estimate of drug-likeness (QED) is 0.698. The molecule has 1 aromatic carbocycles. The summed E-state index contributed by atoms with van der Waals surface area (Å²) in [6.07, 6.45) is -3.43. The lowest BCUT2D eigenvalue weighted by Crippen LogP contribution is -2.25. The zero-order valence-electron chi connectivity index (χ0n) is 14.5.